The van der Waals surface area contributed by atoms with Gasteiger partial charge in [-0.25, -0.2) is 4.68 Å². The first-order valence-corrected chi connectivity index (χ1v) is 6.65. The van der Waals surface area contributed by atoms with E-state index < -0.39 is 0 Å². The fourth-order valence-electron chi connectivity index (χ4n) is 2.06. The van der Waals surface area contributed by atoms with Crippen LogP contribution >= 0.6 is 0 Å². The third-order valence-electron chi connectivity index (χ3n) is 3.08. The standard InChI is InChI=1S/C15H19N5/c1-11(2)9-15-14(10-16)17-18-20(15)13-7-5-12(6-8-13)19(3)4/h5-8,11H,9H2,1-4H3. The largest absolute Gasteiger partial charge is 0.378 e. The van der Waals surface area contributed by atoms with Crippen molar-refractivity contribution in [2.24, 2.45) is 5.92 Å². The van der Waals surface area contributed by atoms with Crippen molar-refractivity contribution in [3.63, 3.8) is 0 Å². The Morgan fingerprint density at radius 3 is 2.40 bits per heavy atom. The quantitative estimate of drug-likeness (QED) is 0.855. The van der Waals surface area contributed by atoms with E-state index in [9.17, 15) is 0 Å². The highest BCUT2D eigenvalue weighted by Crippen LogP contribution is 2.19. The number of rotatable bonds is 4. The minimum Gasteiger partial charge on any atom is -0.378 e. The zero-order valence-corrected chi connectivity index (χ0v) is 12.3. The average Bonchev–Trinajstić information content (AvgIpc) is 2.81. The van der Waals surface area contributed by atoms with Crippen LogP contribution in [0.5, 0.6) is 0 Å². The Hall–Kier alpha value is -2.35. The van der Waals surface area contributed by atoms with Crippen molar-refractivity contribution in [1.82, 2.24) is 15.0 Å². The Balaban J connectivity index is 2.42. The highest BCUT2D eigenvalue weighted by atomic mass is 15.4. The molecule has 0 saturated carbocycles. The number of nitriles is 1. The number of hydrogen-bond donors (Lipinski definition) is 0. The molecule has 0 radical (unpaired) electrons. The maximum atomic E-state index is 9.14. The molecule has 0 spiro atoms. The number of nitrogens with zero attached hydrogens (tertiary/aromatic N) is 5. The van der Waals surface area contributed by atoms with Gasteiger partial charge in [-0.2, -0.15) is 5.26 Å². The molecule has 1 aromatic carbocycles. The van der Waals surface area contributed by atoms with Crippen LogP contribution < -0.4 is 4.90 Å². The lowest BCUT2D eigenvalue weighted by molar-refractivity contribution is 0.613. The van der Waals surface area contributed by atoms with Crippen molar-refractivity contribution in [1.29, 1.82) is 5.26 Å². The fraction of sp³-hybridized carbons (Fsp3) is 0.400. The topological polar surface area (TPSA) is 57.7 Å². The fourth-order valence-corrected chi connectivity index (χ4v) is 2.06. The van der Waals surface area contributed by atoms with E-state index in [-0.39, 0.29) is 0 Å². The van der Waals surface area contributed by atoms with Crippen molar-refractivity contribution in [3.8, 4) is 11.8 Å². The van der Waals surface area contributed by atoms with Crippen LogP contribution in [-0.2, 0) is 6.42 Å². The number of benzene rings is 1. The monoisotopic (exact) mass is 269 g/mol. The normalized spacial score (nSPS) is 10.6. The van der Waals surface area contributed by atoms with Crippen LogP contribution in [0.4, 0.5) is 5.69 Å². The van der Waals surface area contributed by atoms with Crippen LogP contribution in [0.2, 0.25) is 0 Å². The Labute approximate surface area is 119 Å². The molecule has 5 heteroatoms. The molecule has 104 valence electrons. The summed E-state index contributed by atoms with van der Waals surface area (Å²) in [4.78, 5) is 2.04. The Bertz CT molecular complexity index is 617. The van der Waals surface area contributed by atoms with Gasteiger partial charge in [0.2, 0.25) is 0 Å². The summed E-state index contributed by atoms with van der Waals surface area (Å²) in [6.07, 6.45) is 0.783. The first-order valence-electron chi connectivity index (χ1n) is 6.65. The van der Waals surface area contributed by atoms with Crippen molar-refractivity contribution in [2.75, 3.05) is 19.0 Å². The lowest BCUT2D eigenvalue weighted by atomic mass is 10.1. The summed E-state index contributed by atoms with van der Waals surface area (Å²) in [5, 5.41) is 17.2. The molecular formula is C15H19N5. The van der Waals surface area contributed by atoms with E-state index in [1.807, 2.05) is 43.3 Å². The molecule has 0 N–H and O–H groups in total. The predicted molar refractivity (Wildman–Crippen MR) is 78.9 cm³/mol. The predicted octanol–water partition coefficient (Wildman–Crippen LogP) is 2.40. The van der Waals surface area contributed by atoms with Gasteiger partial charge in [0.25, 0.3) is 0 Å². The SMILES string of the molecule is CC(C)Cc1c(C#N)nnn1-c1ccc(N(C)C)cc1. The molecule has 2 rings (SSSR count). The minimum absolute atomic E-state index is 0.412. The molecule has 0 aliphatic carbocycles. The van der Waals surface area contributed by atoms with Gasteiger partial charge in [-0.15, -0.1) is 5.10 Å². The van der Waals surface area contributed by atoms with E-state index >= 15 is 0 Å². The zero-order chi connectivity index (χ0) is 14.7. The number of anilines is 1. The van der Waals surface area contributed by atoms with Gasteiger partial charge in [-0.05, 0) is 36.6 Å². The van der Waals surface area contributed by atoms with Crippen LogP contribution in [0.25, 0.3) is 5.69 Å². The summed E-state index contributed by atoms with van der Waals surface area (Å²) < 4.78 is 1.76. The van der Waals surface area contributed by atoms with Crippen molar-refractivity contribution < 1.29 is 0 Å². The van der Waals surface area contributed by atoms with Crippen LogP contribution in [0, 0.1) is 17.2 Å². The summed E-state index contributed by atoms with van der Waals surface area (Å²) in [6, 6.07) is 10.2. The molecule has 0 aliphatic heterocycles. The van der Waals surface area contributed by atoms with Gasteiger partial charge >= 0.3 is 0 Å². The molecule has 0 unspecified atom stereocenters. The smallest absolute Gasteiger partial charge is 0.186 e. The minimum atomic E-state index is 0.412. The molecule has 0 aliphatic rings. The molecule has 2 aromatic rings. The first-order chi connectivity index (χ1) is 9.52. The van der Waals surface area contributed by atoms with E-state index in [1.54, 1.807) is 4.68 Å². The second kappa shape index (κ2) is 5.74. The molecule has 0 fully saturated rings. The molecule has 1 aromatic heterocycles. The highest BCUT2D eigenvalue weighted by molar-refractivity contribution is 5.50. The molecule has 1 heterocycles. The summed E-state index contributed by atoms with van der Waals surface area (Å²) >= 11 is 0. The van der Waals surface area contributed by atoms with Gasteiger partial charge in [-0.3, -0.25) is 0 Å². The summed E-state index contributed by atoms with van der Waals surface area (Å²) in [5.41, 5.74) is 3.34. The van der Waals surface area contributed by atoms with E-state index in [0.717, 1.165) is 23.5 Å². The number of hydrogen-bond acceptors (Lipinski definition) is 4. The molecule has 0 amide bonds. The van der Waals surface area contributed by atoms with Crippen molar-refractivity contribution in [2.45, 2.75) is 20.3 Å². The van der Waals surface area contributed by atoms with E-state index in [0.29, 0.717) is 11.6 Å². The van der Waals surface area contributed by atoms with Crippen molar-refractivity contribution in [3.05, 3.63) is 35.7 Å². The third kappa shape index (κ3) is 2.80. The Morgan fingerprint density at radius 2 is 1.90 bits per heavy atom. The second-order valence-electron chi connectivity index (χ2n) is 5.42. The van der Waals surface area contributed by atoms with E-state index in [1.165, 1.54) is 0 Å². The maximum Gasteiger partial charge on any atom is 0.186 e. The van der Waals surface area contributed by atoms with Crippen LogP contribution in [0.3, 0.4) is 0 Å². The molecule has 20 heavy (non-hydrogen) atoms. The summed E-state index contributed by atoms with van der Waals surface area (Å²) in [7, 11) is 4.00. The maximum absolute atomic E-state index is 9.14. The van der Waals surface area contributed by atoms with Crippen LogP contribution in [-0.4, -0.2) is 29.1 Å². The van der Waals surface area contributed by atoms with Gasteiger partial charge in [0, 0.05) is 19.8 Å². The molecule has 0 bridgehead atoms. The third-order valence-corrected chi connectivity index (χ3v) is 3.08. The van der Waals surface area contributed by atoms with Gasteiger partial charge in [0.05, 0.1) is 11.4 Å². The molecule has 5 nitrogen and oxygen atoms in total. The summed E-state index contributed by atoms with van der Waals surface area (Å²) in [6.45, 7) is 4.24. The highest BCUT2D eigenvalue weighted by Gasteiger charge is 2.15. The lowest BCUT2D eigenvalue weighted by Crippen LogP contribution is -2.09. The first kappa shape index (κ1) is 14.1. The lowest BCUT2D eigenvalue weighted by Gasteiger charge is -2.13. The van der Waals surface area contributed by atoms with Crippen LogP contribution in [0.15, 0.2) is 24.3 Å². The summed E-state index contributed by atoms with van der Waals surface area (Å²) in [5.74, 6) is 0.445. The molecule has 0 saturated heterocycles. The van der Waals surface area contributed by atoms with Gasteiger partial charge in [0.15, 0.2) is 5.69 Å². The van der Waals surface area contributed by atoms with Crippen LogP contribution in [0.1, 0.15) is 25.2 Å². The zero-order valence-electron chi connectivity index (χ0n) is 12.3. The van der Waals surface area contributed by atoms with E-state index in [4.69, 9.17) is 5.26 Å². The Kier molecular flexibility index (Phi) is 4.04. The van der Waals surface area contributed by atoms with Crippen molar-refractivity contribution >= 4 is 5.69 Å². The molecular weight excluding hydrogens is 250 g/mol. The molecule has 0 atom stereocenters. The van der Waals surface area contributed by atoms with E-state index in [2.05, 4.69) is 30.2 Å². The van der Waals surface area contributed by atoms with Gasteiger partial charge in [-0.1, -0.05) is 19.1 Å². The Morgan fingerprint density at radius 1 is 1.25 bits per heavy atom. The number of aromatic nitrogens is 3. The average molecular weight is 269 g/mol. The van der Waals surface area contributed by atoms with Gasteiger partial charge < -0.3 is 4.90 Å². The van der Waals surface area contributed by atoms with Gasteiger partial charge in [0.1, 0.15) is 6.07 Å². The second-order valence-corrected chi connectivity index (χ2v) is 5.42.